The summed E-state index contributed by atoms with van der Waals surface area (Å²) in [6.07, 6.45) is 0. The van der Waals surface area contributed by atoms with E-state index in [2.05, 4.69) is 0 Å². The van der Waals surface area contributed by atoms with Crippen LogP contribution >= 0.6 is 11.8 Å². The van der Waals surface area contributed by atoms with E-state index in [-0.39, 0.29) is 35.7 Å². The molecule has 5 nitrogen and oxygen atoms in total. The number of hydrogen-bond acceptors (Lipinski definition) is 4. The normalized spacial score (nSPS) is 19.0. The molecule has 2 atom stereocenters. The number of ketones is 1. The number of likely N-dealkylation sites (tertiary alicyclic amines) is 1. The molecule has 2 aromatic carbocycles. The molecule has 1 fully saturated rings. The Morgan fingerprint density at radius 3 is 2.19 bits per heavy atom. The van der Waals surface area contributed by atoms with Gasteiger partial charge in [-0.05, 0) is 5.56 Å². The van der Waals surface area contributed by atoms with Crippen molar-refractivity contribution in [2.45, 2.75) is 5.92 Å². The predicted molar refractivity (Wildman–Crippen MR) is 105 cm³/mol. The fourth-order valence-electron chi connectivity index (χ4n) is 3.33. The smallest absolute Gasteiger partial charge is 0.308 e. The third-order valence-electron chi connectivity index (χ3n) is 4.77. The summed E-state index contributed by atoms with van der Waals surface area (Å²) in [6.45, 7) is 0.605. The number of aliphatic carboxylic acids is 1. The number of hydrogen-bond donors (Lipinski definition) is 1. The van der Waals surface area contributed by atoms with Gasteiger partial charge in [-0.2, -0.15) is 0 Å². The number of Topliss-reactive ketones (excluding diaryl/α,β-unsaturated/α-hetero) is 1. The van der Waals surface area contributed by atoms with Crippen molar-refractivity contribution in [3.8, 4) is 0 Å². The van der Waals surface area contributed by atoms with Crippen molar-refractivity contribution in [1.29, 1.82) is 0 Å². The molecule has 1 saturated heterocycles. The van der Waals surface area contributed by atoms with Crippen molar-refractivity contribution in [2.75, 3.05) is 24.6 Å². The van der Waals surface area contributed by atoms with Gasteiger partial charge in [-0.15, -0.1) is 11.8 Å². The molecule has 140 valence electrons. The molecule has 1 aliphatic heterocycles. The van der Waals surface area contributed by atoms with Gasteiger partial charge in [0.2, 0.25) is 5.91 Å². The first-order chi connectivity index (χ1) is 13.1. The topological polar surface area (TPSA) is 74.7 Å². The summed E-state index contributed by atoms with van der Waals surface area (Å²) in [5.41, 5.74) is 1.57. The van der Waals surface area contributed by atoms with Gasteiger partial charge >= 0.3 is 5.97 Å². The number of thioether (sulfide) groups is 1. The zero-order chi connectivity index (χ0) is 19.2. The van der Waals surface area contributed by atoms with Crippen LogP contribution in [-0.2, 0) is 9.59 Å². The molecule has 1 N–H and O–H groups in total. The maximum atomic E-state index is 12.5. The van der Waals surface area contributed by atoms with Crippen LogP contribution in [0.1, 0.15) is 21.8 Å². The summed E-state index contributed by atoms with van der Waals surface area (Å²) in [4.78, 5) is 37.8. The van der Waals surface area contributed by atoms with E-state index in [1.807, 2.05) is 48.5 Å². The van der Waals surface area contributed by atoms with Gasteiger partial charge in [-0.25, -0.2) is 0 Å². The summed E-state index contributed by atoms with van der Waals surface area (Å²) in [7, 11) is 0. The number of carboxylic acids is 1. The van der Waals surface area contributed by atoms with Gasteiger partial charge in [-0.3, -0.25) is 14.4 Å². The summed E-state index contributed by atoms with van der Waals surface area (Å²) < 4.78 is 0. The van der Waals surface area contributed by atoms with Crippen molar-refractivity contribution < 1.29 is 19.5 Å². The molecule has 1 heterocycles. The summed E-state index contributed by atoms with van der Waals surface area (Å²) in [5, 5.41) is 9.53. The van der Waals surface area contributed by atoms with Crippen molar-refractivity contribution in [2.24, 2.45) is 5.92 Å². The third-order valence-corrected chi connectivity index (χ3v) is 5.69. The SMILES string of the molecule is O=C(CSCC(=O)N1CC(C(=O)O)C(c2ccccc2)C1)c1ccccc1. The summed E-state index contributed by atoms with van der Waals surface area (Å²) in [6, 6.07) is 18.4. The zero-order valence-electron chi connectivity index (χ0n) is 14.8. The fraction of sp³-hybridized carbons (Fsp3) is 0.286. The molecule has 6 heteroatoms. The lowest BCUT2D eigenvalue weighted by Gasteiger charge is -2.16. The third kappa shape index (κ3) is 4.77. The second-order valence-corrected chi connectivity index (χ2v) is 7.53. The van der Waals surface area contributed by atoms with Crippen molar-refractivity contribution in [3.63, 3.8) is 0 Å². The van der Waals surface area contributed by atoms with Crippen LogP contribution in [0.2, 0.25) is 0 Å². The summed E-state index contributed by atoms with van der Waals surface area (Å²) in [5.74, 6) is -1.42. The van der Waals surface area contributed by atoms with Crippen LogP contribution in [0.3, 0.4) is 0 Å². The molecule has 0 aliphatic carbocycles. The second kappa shape index (κ2) is 8.86. The molecule has 0 radical (unpaired) electrons. The standard InChI is InChI=1S/C21H21NO4S/c23-19(16-9-5-2-6-10-16)13-27-14-20(24)22-11-17(18(12-22)21(25)26)15-7-3-1-4-8-15/h1-10,17-18H,11-14H2,(H,25,26). The lowest BCUT2D eigenvalue weighted by Crippen LogP contribution is -2.31. The maximum absolute atomic E-state index is 12.5. The van der Waals surface area contributed by atoms with Gasteiger partial charge in [0.05, 0.1) is 17.4 Å². The molecule has 0 saturated carbocycles. The van der Waals surface area contributed by atoms with Crippen LogP contribution in [-0.4, -0.2) is 52.3 Å². The summed E-state index contributed by atoms with van der Waals surface area (Å²) >= 11 is 1.27. The highest BCUT2D eigenvalue weighted by Crippen LogP contribution is 2.33. The van der Waals surface area contributed by atoms with Crippen LogP contribution in [0.15, 0.2) is 60.7 Å². The van der Waals surface area contributed by atoms with Gasteiger partial charge in [-0.1, -0.05) is 60.7 Å². The number of amides is 1. The molecular formula is C21H21NO4S. The number of carboxylic acid groups (broad SMARTS) is 1. The largest absolute Gasteiger partial charge is 0.481 e. The van der Waals surface area contributed by atoms with Crippen LogP contribution in [0.25, 0.3) is 0 Å². The van der Waals surface area contributed by atoms with E-state index >= 15 is 0 Å². The lowest BCUT2D eigenvalue weighted by molar-refractivity contribution is -0.141. The molecule has 3 rings (SSSR count). The Morgan fingerprint density at radius 1 is 0.926 bits per heavy atom. The minimum absolute atomic E-state index is 0.0135. The molecule has 27 heavy (non-hydrogen) atoms. The molecule has 1 aliphatic rings. The van der Waals surface area contributed by atoms with E-state index in [0.717, 1.165) is 5.56 Å². The van der Waals surface area contributed by atoms with E-state index in [1.165, 1.54) is 11.8 Å². The molecule has 0 aromatic heterocycles. The highest BCUT2D eigenvalue weighted by Gasteiger charge is 2.40. The molecular weight excluding hydrogens is 362 g/mol. The lowest BCUT2D eigenvalue weighted by atomic mass is 9.89. The number of benzene rings is 2. The Labute approximate surface area is 162 Å². The van der Waals surface area contributed by atoms with E-state index in [0.29, 0.717) is 12.1 Å². The van der Waals surface area contributed by atoms with Crippen molar-refractivity contribution in [3.05, 3.63) is 71.8 Å². The minimum Gasteiger partial charge on any atom is -0.481 e. The molecule has 0 bridgehead atoms. The number of carbonyl (C=O) groups is 3. The van der Waals surface area contributed by atoms with E-state index in [1.54, 1.807) is 17.0 Å². The van der Waals surface area contributed by atoms with E-state index in [9.17, 15) is 19.5 Å². The predicted octanol–water partition coefficient (Wildman–Crippen LogP) is 2.93. The maximum Gasteiger partial charge on any atom is 0.308 e. The number of rotatable bonds is 7. The number of carbonyl (C=O) groups excluding carboxylic acids is 2. The fourth-order valence-corrected chi connectivity index (χ4v) is 4.14. The monoisotopic (exact) mass is 383 g/mol. The first kappa shape index (κ1) is 19.2. The Morgan fingerprint density at radius 2 is 1.56 bits per heavy atom. The van der Waals surface area contributed by atoms with Crippen molar-refractivity contribution in [1.82, 2.24) is 4.90 Å². The first-order valence-corrected chi connectivity index (χ1v) is 9.93. The second-order valence-electron chi connectivity index (χ2n) is 6.54. The average molecular weight is 383 g/mol. The highest BCUT2D eigenvalue weighted by molar-refractivity contribution is 8.00. The zero-order valence-corrected chi connectivity index (χ0v) is 15.6. The Hall–Kier alpha value is -2.60. The van der Waals surface area contributed by atoms with Gasteiger partial charge in [0, 0.05) is 24.6 Å². The quantitative estimate of drug-likeness (QED) is 0.744. The van der Waals surface area contributed by atoms with Gasteiger partial charge in [0.25, 0.3) is 0 Å². The highest BCUT2D eigenvalue weighted by atomic mass is 32.2. The van der Waals surface area contributed by atoms with E-state index < -0.39 is 11.9 Å². The number of nitrogens with zero attached hydrogens (tertiary/aromatic N) is 1. The van der Waals surface area contributed by atoms with Crippen LogP contribution in [0, 0.1) is 5.92 Å². The first-order valence-electron chi connectivity index (χ1n) is 8.78. The van der Waals surface area contributed by atoms with Crippen LogP contribution < -0.4 is 0 Å². The molecule has 0 spiro atoms. The molecule has 1 amide bonds. The van der Waals surface area contributed by atoms with Gasteiger partial charge in [0.15, 0.2) is 5.78 Å². The minimum atomic E-state index is -0.883. The van der Waals surface area contributed by atoms with Crippen LogP contribution in [0.5, 0.6) is 0 Å². The molecule has 2 aromatic rings. The van der Waals surface area contributed by atoms with E-state index in [4.69, 9.17) is 0 Å². The Kier molecular flexibility index (Phi) is 6.29. The van der Waals surface area contributed by atoms with Gasteiger partial charge in [0.1, 0.15) is 0 Å². The average Bonchev–Trinajstić information content (AvgIpc) is 3.15. The van der Waals surface area contributed by atoms with Crippen molar-refractivity contribution >= 4 is 29.4 Å². The Bertz CT molecular complexity index is 809. The Balaban J connectivity index is 1.56. The molecule has 2 unspecified atom stereocenters. The van der Waals surface area contributed by atoms with Gasteiger partial charge < -0.3 is 10.0 Å². The van der Waals surface area contributed by atoms with Crippen LogP contribution in [0.4, 0.5) is 0 Å².